The molecule has 4 nitrogen and oxygen atoms in total. The average molecular weight is 192 g/mol. The summed E-state index contributed by atoms with van der Waals surface area (Å²) in [5, 5.41) is 9.14. The summed E-state index contributed by atoms with van der Waals surface area (Å²) in [6, 6.07) is 3.78. The number of carbonyl (C=O) groups excluding carboxylic acids is 1. The van der Waals surface area contributed by atoms with Crippen LogP contribution in [0.15, 0.2) is 18.3 Å². The molecule has 0 spiro atoms. The van der Waals surface area contributed by atoms with Crippen LogP contribution in [0.1, 0.15) is 5.69 Å². The molecule has 1 aliphatic heterocycles. The van der Waals surface area contributed by atoms with E-state index >= 15 is 0 Å². The number of hydrogen-bond acceptors (Lipinski definition) is 4. The van der Waals surface area contributed by atoms with Crippen LogP contribution in [0.2, 0.25) is 0 Å². The van der Waals surface area contributed by atoms with E-state index in [1.165, 1.54) is 0 Å². The van der Waals surface area contributed by atoms with E-state index in [9.17, 15) is 4.79 Å². The number of β-amino-alcohol motifs (C(OH)–C–C–N with tert-alkyl or cyclic N) is 1. The van der Waals surface area contributed by atoms with Crippen LogP contribution in [0.5, 0.6) is 0 Å². The predicted octanol–water partition coefficient (Wildman–Crippen LogP) is 0.00390. The maximum atomic E-state index is 10.3. The second kappa shape index (κ2) is 3.75. The van der Waals surface area contributed by atoms with Gasteiger partial charge in [-0.15, -0.1) is 0 Å². The molecule has 1 N–H and O–H groups in total. The zero-order valence-corrected chi connectivity index (χ0v) is 7.76. The third-order valence-corrected chi connectivity index (χ3v) is 2.32. The highest BCUT2D eigenvalue weighted by molar-refractivity contribution is 5.56. The van der Waals surface area contributed by atoms with Gasteiger partial charge in [0, 0.05) is 37.1 Å². The van der Waals surface area contributed by atoms with Crippen molar-refractivity contribution in [2.24, 2.45) is 0 Å². The molecule has 0 atom stereocenters. The number of aromatic nitrogens is 1. The molecule has 0 radical (unpaired) electrons. The standard InChI is InChI=1S/C10H12N2O2/c13-4-2-8-5-9(1-3-11-8)12-6-10(14)7-12/h1,3-5,10,14H,2,6-7H2. The maximum absolute atomic E-state index is 10.3. The van der Waals surface area contributed by atoms with E-state index in [2.05, 4.69) is 9.88 Å². The van der Waals surface area contributed by atoms with Crippen LogP contribution in [-0.4, -0.2) is 35.6 Å². The van der Waals surface area contributed by atoms with E-state index < -0.39 is 0 Å². The highest BCUT2D eigenvalue weighted by Crippen LogP contribution is 2.20. The first-order chi connectivity index (χ1) is 6.79. The molecule has 1 saturated heterocycles. The quantitative estimate of drug-likeness (QED) is 0.685. The molecular weight excluding hydrogens is 180 g/mol. The number of aliphatic hydroxyl groups excluding tert-OH is 1. The molecular formula is C10H12N2O2. The fourth-order valence-corrected chi connectivity index (χ4v) is 1.53. The largest absolute Gasteiger partial charge is 0.389 e. The molecule has 0 bridgehead atoms. The number of carbonyl (C=O) groups is 1. The minimum atomic E-state index is -0.210. The minimum Gasteiger partial charge on any atom is -0.389 e. The Balaban J connectivity index is 2.10. The van der Waals surface area contributed by atoms with E-state index in [1.807, 2.05) is 12.1 Å². The lowest BCUT2D eigenvalue weighted by molar-refractivity contribution is -0.107. The van der Waals surface area contributed by atoms with E-state index in [4.69, 9.17) is 5.11 Å². The number of pyridine rings is 1. The van der Waals surface area contributed by atoms with Gasteiger partial charge in [-0.25, -0.2) is 0 Å². The van der Waals surface area contributed by atoms with Crippen molar-refractivity contribution in [3.63, 3.8) is 0 Å². The molecule has 1 aromatic rings. The highest BCUT2D eigenvalue weighted by Gasteiger charge is 2.24. The summed E-state index contributed by atoms with van der Waals surface area (Å²) in [6.07, 6.45) is 2.68. The van der Waals surface area contributed by atoms with Crippen molar-refractivity contribution in [1.29, 1.82) is 0 Å². The fourth-order valence-electron chi connectivity index (χ4n) is 1.53. The monoisotopic (exact) mass is 192 g/mol. The van der Waals surface area contributed by atoms with Gasteiger partial charge in [-0.3, -0.25) is 4.98 Å². The van der Waals surface area contributed by atoms with Crippen LogP contribution in [0.25, 0.3) is 0 Å². The van der Waals surface area contributed by atoms with Crippen molar-refractivity contribution < 1.29 is 9.90 Å². The van der Waals surface area contributed by atoms with Crippen LogP contribution in [0.3, 0.4) is 0 Å². The number of nitrogens with zero attached hydrogens (tertiary/aromatic N) is 2. The normalized spacial score (nSPS) is 16.5. The van der Waals surface area contributed by atoms with Gasteiger partial charge >= 0.3 is 0 Å². The molecule has 0 saturated carbocycles. The van der Waals surface area contributed by atoms with Crippen LogP contribution < -0.4 is 4.90 Å². The van der Waals surface area contributed by atoms with Crippen LogP contribution in [-0.2, 0) is 11.2 Å². The summed E-state index contributed by atoms with van der Waals surface area (Å²) < 4.78 is 0. The van der Waals surface area contributed by atoms with Crippen molar-refractivity contribution in [1.82, 2.24) is 4.98 Å². The van der Waals surface area contributed by atoms with E-state index in [1.54, 1.807) is 6.20 Å². The number of aliphatic hydroxyl groups is 1. The van der Waals surface area contributed by atoms with Crippen LogP contribution >= 0.6 is 0 Å². The molecule has 14 heavy (non-hydrogen) atoms. The maximum Gasteiger partial charge on any atom is 0.125 e. The third-order valence-electron chi connectivity index (χ3n) is 2.32. The lowest BCUT2D eigenvalue weighted by Gasteiger charge is -2.37. The van der Waals surface area contributed by atoms with Gasteiger partial charge in [-0.2, -0.15) is 0 Å². The molecule has 0 aliphatic carbocycles. The number of rotatable bonds is 3. The van der Waals surface area contributed by atoms with Gasteiger partial charge in [0.05, 0.1) is 6.10 Å². The van der Waals surface area contributed by atoms with Gasteiger partial charge in [0.1, 0.15) is 6.29 Å². The van der Waals surface area contributed by atoms with Crippen molar-refractivity contribution in [3.8, 4) is 0 Å². The summed E-state index contributed by atoms with van der Waals surface area (Å²) in [7, 11) is 0. The molecule has 0 amide bonds. The molecule has 2 rings (SSSR count). The predicted molar refractivity (Wildman–Crippen MR) is 52.2 cm³/mol. The van der Waals surface area contributed by atoms with Gasteiger partial charge in [-0.1, -0.05) is 0 Å². The Morgan fingerprint density at radius 2 is 2.43 bits per heavy atom. The Labute approximate surface area is 82.2 Å². The summed E-state index contributed by atoms with van der Waals surface area (Å²) >= 11 is 0. The van der Waals surface area contributed by atoms with E-state index in [0.717, 1.165) is 17.7 Å². The minimum absolute atomic E-state index is 0.210. The summed E-state index contributed by atoms with van der Waals surface area (Å²) in [5.74, 6) is 0. The average Bonchev–Trinajstić information content (AvgIpc) is 2.14. The molecule has 74 valence electrons. The van der Waals surface area contributed by atoms with Gasteiger partial charge in [-0.05, 0) is 12.1 Å². The number of hydrogen-bond donors (Lipinski definition) is 1. The lowest BCUT2D eigenvalue weighted by Crippen LogP contribution is -2.50. The Kier molecular flexibility index (Phi) is 2.45. The lowest BCUT2D eigenvalue weighted by atomic mass is 10.1. The summed E-state index contributed by atoms with van der Waals surface area (Å²) in [4.78, 5) is 16.4. The smallest absolute Gasteiger partial charge is 0.125 e. The van der Waals surface area contributed by atoms with Crippen molar-refractivity contribution >= 4 is 12.0 Å². The Bertz CT molecular complexity index is 335. The van der Waals surface area contributed by atoms with E-state index in [-0.39, 0.29) is 6.10 Å². The third kappa shape index (κ3) is 1.75. The van der Waals surface area contributed by atoms with Gasteiger partial charge in [0.2, 0.25) is 0 Å². The Morgan fingerprint density at radius 1 is 1.64 bits per heavy atom. The molecule has 1 aromatic heterocycles. The molecule has 1 aliphatic rings. The summed E-state index contributed by atoms with van der Waals surface area (Å²) in [6.45, 7) is 1.34. The fraction of sp³-hybridized carbons (Fsp3) is 0.400. The van der Waals surface area contributed by atoms with Crippen molar-refractivity contribution in [2.45, 2.75) is 12.5 Å². The number of aldehydes is 1. The second-order valence-electron chi connectivity index (χ2n) is 3.43. The van der Waals surface area contributed by atoms with Crippen molar-refractivity contribution in [3.05, 3.63) is 24.0 Å². The van der Waals surface area contributed by atoms with E-state index in [0.29, 0.717) is 19.5 Å². The molecule has 1 fully saturated rings. The zero-order valence-electron chi connectivity index (χ0n) is 7.76. The topological polar surface area (TPSA) is 53.4 Å². The molecule has 0 unspecified atom stereocenters. The highest BCUT2D eigenvalue weighted by atomic mass is 16.3. The SMILES string of the molecule is O=CCc1cc(N2CC(O)C2)ccn1. The summed E-state index contributed by atoms with van der Waals surface area (Å²) in [5.41, 5.74) is 1.81. The Hall–Kier alpha value is -1.42. The zero-order chi connectivity index (χ0) is 9.97. The molecule has 4 heteroatoms. The van der Waals surface area contributed by atoms with Gasteiger partial charge in [0.15, 0.2) is 0 Å². The Morgan fingerprint density at radius 3 is 3.07 bits per heavy atom. The first-order valence-corrected chi connectivity index (χ1v) is 4.61. The number of anilines is 1. The molecule has 0 aromatic carbocycles. The second-order valence-corrected chi connectivity index (χ2v) is 3.43. The first-order valence-electron chi connectivity index (χ1n) is 4.61. The van der Waals surface area contributed by atoms with Gasteiger partial charge in [0.25, 0.3) is 0 Å². The van der Waals surface area contributed by atoms with Gasteiger partial charge < -0.3 is 14.8 Å². The van der Waals surface area contributed by atoms with Crippen LogP contribution in [0.4, 0.5) is 5.69 Å². The van der Waals surface area contributed by atoms with Crippen molar-refractivity contribution in [2.75, 3.05) is 18.0 Å². The van der Waals surface area contributed by atoms with Crippen LogP contribution in [0, 0.1) is 0 Å². The first kappa shape index (κ1) is 9.15. The molecule has 2 heterocycles.